The summed E-state index contributed by atoms with van der Waals surface area (Å²) in [5.74, 6) is 0.771. The van der Waals surface area contributed by atoms with Crippen molar-refractivity contribution < 1.29 is 4.74 Å². The van der Waals surface area contributed by atoms with Crippen molar-refractivity contribution in [1.29, 1.82) is 0 Å². The Labute approximate surface area is 93.8 Å². The van der Waals surface area contributed by atoms with Gasteiger partial charge in [0.05, 0.1) is 19.1 Å². The number of ether oxygens (including phenoxy) is 1. The monoisotopic (exact) mass is 218 g/mol. The summed E-state index contributed by atoms with van der Waals surface area (Å²) in [5, 5.41) is 2.80. The first-order chi connectivity index (χ1) is 7.66. The second kappa shape index (κ2) is 3.86. The molecule has 5 nitrogen and oxygen atoms in total. The van der Waals surface area contributed by atoms with Gasteiger partial charge in [0.1, 0.15) is 5.75 Å². The molecule has 0 aromatic heterocycles. The highest BCUT2D eigenvalue weighted by atomic mass is 16.5. The van der Waals surface area contributed by atoms with Gasteiger partial charge < -0.3 is 15.8 Å². The Bertz CT molecular complexity index is 438. The highest BCUT2D eigenvalue weighted by molar-refractivity contribution is 5.61. The van der Waals surface area contributed by atoms with Gasteiger partial charge in [-0.3, -0.25) is 5.73 Å². The van der Waals surface area contributed by atoms with Crippen LogP contribution < -0.4 is 21.5 Å². The van der Waals surface area contributed by atoms with Gasteiger partial charge in [0, 0.05) is 11.8 Å². The van der Waals surface area contributed by atoms with Crippen LogP contribution in [0.3, 0.4) is 0 Å². The molecule has 1 aliphatic heterocycles. The second-order valence-corrected chi connectivity index (χ2v) is 3.52. The quantitative estimate of drug-likeness (QED) is 0.663. The Morgan fingerprint density at radius 2 is 2.00 bits per heavy atom. The summed E-state index contributed by atoms with van der Waals surface area (Å²) in [6.07, 6.45) is 3.16. The molecule has 0 spiro atoms. The number of hydrogen-bond donors (Lipinski definition) is 3. The van der Waals surface area contributed by atoms with E-state index >= 15 is 0 Å². The highest BCUT2D eigenvalue weighted by Crippen LogP contribution is 2.27. The molecule has 0 radical (unpaired) electrons. The van der Waals surface area contributed by atoms with Gasteiger partial charge in [-0.05, 0) is 12.1 Å². The fraction of sp³-hybridized carbons (Fsp3) is 0.182. The molecule has 0 aliphatic carbocycles. The molecule has 1 aromatic carbocycles. The molecule has 1 heterocycles. The van der Waals surface area contributed by atoms with E-state index in [0.29, 0.717) is 5.70 Å². The summed E-state index contributed by atoms with van der Waals surface area (Å²) >= 11 is 0. The first-order valence-electron chi connectivity index (χ1n) is 4.86. The van der Waals surface area contributed by atoms with Crippen LogP contribution in [-0.2, 0) is 5.66 Å². The molecule has 1 atom stereocenters. The lowest BCUT2D eigenvalue weighted by Crippen LogP contribution is -2.43. The van der Waals surface area contributed by atoms with E-state index in [0.717, 1.165) is 11.3 Å². The van der Waals surface area contributed by atoms with Crippen molar-refractivity contribution in [3.8, 4) is 5.75 Å². The third kappa shape index (κ3) is 1.61. The Hall–Kier alpha value is -2.01. The van der Waals surface area contributed by atoms with Crippen molar-refractivity contribution in [2.75, 3.05) is 7.11 Å². The predicted molar refractivity (Wildman–Crippen MR) is 62.8 cm³/mol. The Morgan fingerprint density at radius 3 is 2.56 bits per heavy atom. The Balaban J connectivity index is 2.38. The van der Waals surface area contributed by atoms with Crippen molar-refractivity contribution in [1.82, 2.24) is 5.32 Å². The number of benzene rings is 1. The van der Waals surface area contributed by atoms with Gasteiger partial charge in [0.2, 0.25) is 0 Å². The van der Waals surface area contributed by atoms with Gasteiger partial charge in [-0.2, -0.15) is 0 Å². The minimum atomic E-state index is -0.989. The fourth-order valence-corrected chi connectivity index (χ4v) is 1.54. The summed E-state index contributed by atoms with van der Waals surface area (Å²) in [6, 6.07) is 7.36. The van der Waals surface area contributed by atoms with E-state index in [1.807, 2.05) is 24.3 Å². The maximum Gasteiger partial charge on any atom is 0.177 e. The molecule has 1 unspecified atom stereocenters. The smallest absolute Gasteiger partial charge is 0.177 e. The topological polar surface area (TPSA) is 85.7 Å². The van der Waals surface area contributed by atoms with Gasteiger partial charge in [-0.25, -0.2) is 4.99 Å². The van der Waals surface area contributed by atoms with Gasteiger partial charge in [0.25, 0.3) is 0 Å². The number of nitrogens with zero attached hydrogens (tertiary/aromatic N) is 1. The van der Waals surface area contributed by atoms with E-state index in [9.17, 15) is 0 Å². The molecule has 5 heteroatoms. The lowest BCUT2D eigenvalue weighted by Gasteiger charge is -2.28. The molecule has 0 saturated carbocycles. The molecule has 2 rings (SSSR count). The fourth-order valence-electron chi connectivity index (χ4n) is 1.54. The van der Waals surface area contributed by atoms with E-state index in [-0.39, 0.29) is 0 Å². The molecule has 0 saturated heterocycles. The number of nitrogens with one attached hydrogen (secondary N) is 1. The SMILES string of the molecule is COc1ccc(C2(N)N=CNC=C2N)cc1. The first-order valence-corrected chi connectivity index (χ1v) is 4.86. The van der Waals surface area contributed by atoms with Crippen LogP contribution in [0, 0.1) is 0 Å². The minimum absolute atomic E-state index is 0.472. The molecule has 84 valence electrons. The second-order valence-electron chi connectivity index (χ2n) is 3.52. The molecule has 0 fully saturated rings. The van der Waals surface area contributed by atoms with E-state index in [2.05, 4.69) is 10.3 Å². The summed E-state index contributed by atoms with van der Waals surface area (Å²) in [6.45, 7) is 0. The summed E-state index contributed by atoms with van der Waals surface area (Å²) in [7, 11) is 1.62. The molecule has 0 amide bonds. The third-order valence-electron chi connectivity index (χ3n) is 2.55. The minimum Gasteiger partial charge on any atom is -0.497 e. The lowest BCUT2D eigenvalue weighted by molar-refractivity contribution is 0.414. The molecular weight excluding hydrogens is 204 g/mol. The lowest BCUT2D eigenvalue weighted by atomic mass is 9.97. The standard InChI is InChI=1S/C11H14N4O/c1-16-9-4-2-8(3-5-9)11(13)10(12)6-14-7-15-11/h2-7H,12-13H2,1H3,(H,14,15). The maximum atomic E-state index is 6.14. The summed E-state index contributed by atoms with van der Waals surface area (Å²) in [5.41, 5.74) is 12.3. The average Bonchev–Trinajstić information content (AvgIpc) is 2.33. The molecule has 0 bridgehead atoms. The number of hydrogen-bond acceptors (Lipinski definition) is 5. The average molecular weight is 218 g/mol. The molecule has 1 aliphatic rings. The summed E-state index contributed by atoms with van der Waals surface area (Å²) < 4.78 is 5.08. The molecular formula is C11H14N4O. The zero-order valence-electron chi connectivity index (χ0n) is 8.97. The largest absolute Gasteiger partial charge is 0.497 e. The number of rotatable bonds is 2. The zero-order valence-corrected chi connectivity index (χ0v) is 8.97. The van der Waals surface area contributed by atoms with Gasteiger partial charge in [-0.1, -0.05) is 12.1 Å². The van der Waals surface area contributed by atoms with Gasteiger partial charge in [0.15, 0.2) is 5.66 Å². The van der Waals surface area contributed by atoms with E-state index < -0.39 is 5.66 Å². The van der Waals surface area contributed by atoms with Crippen molar-refractivity contribution in [3.05, 3.63) is 41.7 Å². The Morgan fingerprint density at radius 1 is 1.31 bits per heavy atom. The maximum absolute atomic E-state index is 6.14. The predicted octanol–water partition coefficient (Wildman–Crippen LogP) is 0.238. The zero-order chi connectivity index (χ0) is 11.6. The highest BCUT2D eigenvalue weighted by Gasteiger charge is 2.30. The molecule has 1 aromatic rings. The van der Waals surface area contributed by atoms with Crippen LogP contribution in [0.2, 0.25) is 0 Å². The first kappa shape index (κ1) is 10.5. The van der Waals surface area contributed by atoms with Crippen LogP contribution in [0.5, 0.6) is 5.75 Å². The Kier molecular flexibility index (Phi) is 2.54. The number of aliphatic imine (C=N–C) groups is 1. The number of nitrogens with two attached hydrogens (primary N) is 2. The van der Waals surface area contributed by atoms with Crippen molar-refractivity contribution in [2.24, 2.45) is 16.5 Å². The molecule has 16 heavy (non-hydrogen) atoms. The van der Waals surface area contributed by atoms with Crippen molar-refractivity contribution in [2.45, 2.75) is 5.66 Å². The van der Waals surface area contributed by atoms with Crippen LogP contribution in [0.15, 0.2) is 41.2 Å². The number of methoxy groups -OCH3 is 1. The van der Waals surface area contributed by atoms with Crippen molar-refractivity contribution in [3.63, 3.8) is 0 Å². The van der Waals surface area contributed by atoms with Crippen LogP contribution >= 0.6 is 0 Å². The van der Waals surface area contributed by atoms with Crippen LogP contribution in [0.4, 0.5) is 0 Å². The third-order valence-corrected chi connectivity index (χ3v) is 2.55. The van der Waals surface area contributed by atoms with E-state index in [1.165, 1.54) is 6.34 Å². The van der Waals surface area contributed by atoms with Crippen molar-refractivity contribution >= 4 is 6.34 Å². The molecule has 5 N–H and O–H groups in total. The van der Waals surface area contributed by atoms with E-state index in [1.54, 1.807) is 13.3 Å². The van der Waals surface area contributed by atoms with Gasteiger partial charge >= 0.3 is 0 Å². The van der Waals surface area contributed by atoms with Crippen LogP contribution in [0.25, 0.3) is 0 Å². The summed E-state index contributed by atoms with van der Waals surface area (Å²) in [4.78, 5) is 4.18. The van der Waals surface area contributed by atoms with E-state index in [4.69, 9.17) is 16.2 Å². The van der Waals surface area contributed by atoms with Crippen LogP contribution in [-0.4, -0.2) is 13.4 Å². The van der Waals surface area contributed by atoms with Crippen LogP contribution in [0.1, 0.15) is 5.56 Å². The van der Waals surface area contributed by atoms with Gasteiger partial charge in [-0.15, -0.1) is 0 Å². The normalized spacial score (nSPS) is 23.5.